The van der Waals surface area contributed by atoms with Crippen molar-refractivity contribution < 1.29 is 4.79 Å². The molecule has 0 aliphatic rings. The molecule has 1 aromatic carbocycles. The third-order valence-corrected chi connectivity index (χ3v) is 3.20. The van der Waals surface area contributed by atoms with Crippen LogP contribution in [-0.4, -0.2) is 10.9 Å². The van der Waals surface area contributed by atoms with Crippen molar-refractivity contribution in [2.24, 2.45) is 5.92 Å². The van der Waals surface area contributed by atoms with Crippen molar-refractivity contribution in [2.75, 3.05) is 10.6 Å². The van der Waals surface area contributed by atoms with Crippen molar-refractivity contribution in [2.45, 2.75) is 33.7 Å². The topological polar surface area (TPSA) is 54.0 Å². The first-order valence-electron chi connectivity index (χ1n) is 7.58. The fourth-order valence-corrected chi connectivity index (χ4v) is 2.16. The maximum Gasteiger partial charge on any atom is 0.225 e. The Kier molecular flexibility index (Phi) is 5.53. The Morgan fingerprint density at radius 2 is 2.05 bits per heavy atom. The van der Waals surface area contributed by atoms with Crippen LogP contribution in [0.4, 0.5) is 11.5 Å². The van der Waals surface area contributed by atoms with Crippen molar-refractivity contribution in [3.63, 3.8) is 0 Å². The number of nitrogens with zero attached hydrogens (tertiary/aromatic N) is 1. The zero-order valence-corrected chi connectivity index (χ0v) is 13.4. The van der Waals surface area contributed by atoms with Crippen LogP contribution in [0.3, 0.4) is 0 Å². The summed E-state index contributed by atoms with van der Waals surface area (Å²) in [7, 11) is 0. The van der Waals surface area contributed by atoms with Crippen LogP contribution in [0.5, 0.6) is 0 Å². The van der Waals surface area contributed by atoms with Gasteiger partial charge >= 0.3 is 0 Å². The highest BCUT2D eigenvalue weighted by Crippen LogP contribution is 2.13. The Balaban J connectivity index is 1.88. The minimum absolute atomic E-state index is 0.00275. The predicted octanol–water partition coefficient (Wildman–Crippen LogP) is 3.99. The highest BCUT2D eigenvalue weighted by molar-refractivity contribution is 5.89. The van der Waals surface area contributed by atoms with Gasteiger partial charge in [0, 0.05) is 13.0 Å². The third kappa shape index (κ3) is 5.20. The van der Waals surface area contributed by atoms with E-state index < -0.39 is 0 Å². The first kappa shape index (κ1) is 16.0. The maximum atomic E-state index is 11.7. The Labute approximate surface area is 132 Å². The number of nitrogens with one attached hydrogen (secondary N) is 2. The van der Waals surface area contributed by atoms with Gasteiger partial charge in [0.05, 0.1) is 11.9 Å². The lowest BCUT2D eigenvalue weighted by Crippen LogP contribution is -2.14. The molecule has 0 atom stereocenters. The first-order valence-corrected chi connectivity index (χ1v) is 7.58. The molecule has 1 heterocycles. The number of aryl methyl sites for hydroxylation is 1. The Morgan fingerprint density at radius 3 is 2.68 bits per heavy atom. The average molecular weight is 297 g/mol. The van der Waals surface area contributed by atoms with E-state index in [0.29, 0.717) is 18.2 Å². The summed E-state index contributed by atoms with van der Waals surface area (Å²) in [4.78, 5) is 15.9. The van der Waals surface area contributed by atoms with Crippen LogP contribution in [0.2, 0.25) is 0 Å². The van der Waals surface area contributed by atoms with E-state index in [2.05, 4.69) is 46.8 Å². The Hall–Kier alpha value is -2.36. The monoisotopic (exact) mass is 297 g/mol. The fraction of sp³-hybridized carbons (Fsp3) is 0.333. The van der Waals surface area contributed by atoms with Crippen molar-refractivity contribution in [1.29, 1.82) is 0 Å². The molecule has 0 unspecified atom stereocenters. The van der Waals surface area contributed by atoms with E-state index in [-0.39, 0.29) is 5.91 Å². The number of carbonyl (C=O) groups excluding carboxylic acids is 1. The molecule has 1 aromatic heterocycles. The van der Waals surface area contributed by atoms with Crippen LogP contribution in [0.25, 0.3) is 0 Å². The first-order chi connectivity index (χ1) is 10.5. The molecule has 0 fully saturated rings. The minimum atomic E-state index is 0.00275. The minimum Gasteiger partial charge on any atom is -0.380 e. The molecule has 22 heavy (non-hydrogen) atoms. The number of pyridine rings is 1. The summed E-state index contributed by atoms with van der Waals surface area (Å²) in [6, 6.07) is 12.1. The van der Waals surface area contributed by atoms with Crippen LogP contribution in [-0.2, 0) is 11.3 Å². The van der Waals surface area contributed by atoms with Gasteiger partial charge < -0.3 is 10.6 Å². The van der Waals surface area contributed by atoms with Crippen LogP contribution in [0.15, 0.2) is 42.6 Å². The van der Waals surface area contributed by atoms with Crippen LogP contribution < -0.4 is 10.6 Å². The highest BCUT2D eigenvalue weighted by atomic mass is 16.1. The number of hydrogen-bond donors (Lipinski definition) is 2. The van der Waals surface area contributed by atoms with Gasteiger partial charge in [-0.1, -0.05) is 43.7 Å². The molecule has 0 bridgehead atoms. The van der Waals surface area contributed by atoms with Gasteiger partial charge in [0.25, 0.3) is 0 Å². The molecule has 4 nitrogen and oxygen atoms in total. The molecule has 0 spiro atoms. The molecule has 0 saturated carbocycles. The van der Waals surface area contributed by atoms with Gasteiger partial charge in [-0.2, -0.15) is 0 Å². The summed E-state index contributed by atoms with van der Waals surface area (Å²) < 4.78 is 0. The molecule has 0 saturated heterocycles. The summed E-state index contributed by atoms with van der Waals surface area (Å²) in [5, 5.41) is 6.13. The summed E-state index contributed by atoms with van der Waals surface area (Å²) in [5.74, 6) is 0.935. The van der Waals surface area contributed by atoms with Gasteiger partial charge in [-0.15, -0.1) is 0 Å². The van der Waals surface area contributed by atoms with Gasteiger partial charge in [-0.25, -0.2) is 4.98 Å². The largest absolute Gasteiger partial charge is 0.380 e. The molecular formula is C18H23N3O. The second-order valence-corrected chi connectivity index (χ2v) is 5.92. The van der Waals surface area contributed by atoms with E-state index in [4.69, 9.17) is 0 Å². The fourth-order valence-electron chi connectivity index (χ4n) is 2.16. The summed E-state index contributed by atoms with van der Waals surface area (Å²) in [5.41, 5.74) is 3.42. The van der Waals surface area contributed by atoms with Gasteiger partial charge in [-0.05, 0) is 30.5 Å². The lowest BCUT2D eigenvalue weighted by atomic mass is 10.1. The molecule has 2 rings (SSSR count). The average Bonchev–Trinajstić information content (AvgIpc) is 2.46. The maximum absolute atomic E-state index is 11.7. The third-order valence-electron chi connectivity index (χ3n) is 3.20. The van der Waals surface area contributed by atoms with E-state index in [1.807, 2.05) is 26.0 Å². The van der Waals surface area contributed by atoms with Gasteiger partial charge in [-0.3, -0.25) is 4.79 Å². The van der Waals surface area contributed by atoms with Gasteiger partial charge in [0.15, 0.2) is 0 Å². The Morgan fingerprint density at radius 1 is 1.23 bits per heavy atom. The van der Waals surface area contributed by atoms with Gasteiger partial charge in [0.2, 0.25) is 5.91 Å². The summed E-state index contributed by atoms with van der Waals surface area (Å²) >= 11 is 0. The van der Waals surface area contributed by atoms with Crippen LogP contribution in [0.1, 0.15) is 31.4 Å². The molecule has 4 heteroatoms. The Bertz CT molecular complexity index is 620. The number of benzene rings is 1. The van der Waals surface area contributed by atoms with E-state index in [0.717, 1.165) is 12.2 Å². The molecule has 0 aliphatic carbocycles. The molecule has 2 N–H and O–H groups in total. The number of aromatic nitrogens is 1. The molecule has 116 valence electrons. The standard InChI is InChI=1S/C18H23N3O/c1-13(2)9-18(22)21-17-8-7-16(12-20-17)19-11-15-6-4-5-14(3)10-15/h4-8,10,12-13,19H,9,11H2,1-3H3,(H,20,21,22). The van der Waals surface area contributed by atoms with Crippen LogP contribution in [0, 0.1) is 12.8 Å². The summed E-state index contributed by atoms with van der Waals surface area (Å²) in [6.45, 7) is 6.87. The lowest BCUT2D eigenvalue weighted by molar-refractivity contribution is -0.116. The van der Waals surface area contributed by atoms with Crippen molar-refractivity contribution in [3.8, 4) is 0 Å². The second kappa shape index (κ2) is 7.59. The molecule has 0 aliphatic heterocycles. The van der Waals surface area contributed by atoms with E-state index in [1.54, 1.807) is 6.20 Å². The predicted molar refractivity (Wildman–Crippen MR) is 90.8 cm³/mol. The highest BCUT2D eigenvalue weighted by Gasteiger charge is 2.05. The molecule has 2 aromatic rings. The lowest BCUT2D eigenvalue weighted by Gasteiger charge is -2.09. The quantitative estimate of drug-likeness (QED) is 0.847. The molecule has 0 radical (unpaired) electrons. The number of carbonyl (C=O) groups is 1. The smallest absolute Gasteiger partial charge is 0.225 e. The van der Waals surface area contributed by atoms with Gasteiger partial charge in [0.1, 0.15) is 5.82 Å². The zero-order valence-electron chi connectivity index (χ0n) is 13.4. The zero-order chi connectivity index (χ0) is 15.9. The van der Waals surface area contributed by atoms with Crippen LogP contribution >= 0.6 is 0 Å². The number of hydrogen-bond acceptors (Lipinski definition) is 3. The molecule has 1 amide bonds. The summed E-state index contributed by atoms with van der Waals surface area (Å²) in [6.07, 6.45) is 2.25. The van der Waals surface area contributed by atoms with E-state index >= 15 is 0 Å². The van der Waals surface area contributed by atoms with Crippen molar-refractivity contribution >= 4 is 17.4 Å². The second-order valence-electron chi connectivity index (χ2n) is 5.92. The van der Waals surface area contributed by atoms with Crippen molar-refractivity contribution in [3.05, 3.63) is 53.7 Å². The number of rotatable bonds is 6. The van der Waals surface area contributed by atoms with Crippen molar-refractivity contribution in [1.82, 2.24) is 4.98 Å². The molecular weight excluding hydrogens is 274 g/mol. The SMILES string of the molecule is Cc1cccc(CNc2ccc(NC(=O)CC(C)C)nc2)c1. The normalized spacial score (nSPS) is 10.5. The van der Waals surface area contributed by atoms with E-state index in [1.165, 1.54) is 11.1 Å². The van der Waals surface area contributed by atoms with E-state index in [9.17, 15) is 4.79 Å². The number of amides is 1. The number of anilines is 2.